The van der Waals surface area contributed by atoms with Gasteiger partial charge < -0.3 is 9.41 Å². The summed E-state index contributed by atoms with van der Waals surface area (Å²) in [6, 6.07) is 20.0. The van der Waals surface area contributed by atoms with E-state index in [0.29, 0.717) is 3.63 Å². The van der Waals surface area contributed by atoms with Crippen LogP contribution in [0.4, 0.5) is 0 Å². The Morgan fingerprint density at radius 2 is 1.39 bits per heavy atom. The average Bonchev–Trinajstić information content (AvgIpc) is 3.09. The van der Waals surface area contributed by atoms with Crippen LogP contribution < -0.4 is 9.41 Å². The topological polar surface area (TPSA) is 0 Å². The Morgan fingerprint density at radius 1 is 0.786 bits per heavy atom. The summed E-state index contributed by atoms with van der Waals surface area (Å²) >= 11 is -0.836. The second kappa shape index (κ2) is 8.41. The van der Waals surface area contributed by atoms with Gasteiger partial charge in [0.15, 0.2) is 0 Å². The predicted octanol–water partition coefficient (Wildman–Crippen LogP) is 1.02. The van der Waals surface area contributed by atoms with Gasteiger partial charge in [-0.2, -0.15) is 0 Å². The molecule has 1 unspecified atom stereocenters. The average molecular weight is 456 g/mol. The Labute approximate surface area is 178 Å². The monoisotopic (exact) mass is 454 g/mol. The molecule has 0 saturated carbocycles. The zero-order chi connectivity index (χ0) is 18.5. The largest absolute Gasteiger partial charge is 1.00 e. The third-order valence-corrected chi connectivity index (χ3v) is 11.8. The number of allylic oxidation sites excluding steroid dienone is 5. The minimum atomic E-state index is -0.836. The van der Waals surface area contributed by atoms with Crippen molar-refractivity contribution in [2.45, 2.75) is 38.2 Å². The van der Waals surface area contributed by atoms with Crippen LogP contribution in [0.15, 0.2) is 74.6 Å². The molecule has 3 heteroatoms. The molecule has 0 fully saturated rings. The van der Waals surface area contributed by atoms with Gasteiger partial charge in [0.1, 0.15) is 0 Å². The summed E-state index contributed by atoms with van der Waals surface area (Å²) in [5.74, 6) is 0. The molecular formula is C25H26F2Zr. The van der Waals surface area contributed by atoms with Gasteiger partial charge in [-0.15, -0.1) is 0 Å². The van der Waals surface area contributed by atoms with Gasteiger partial charge in [-0.25, -0.2) is 0 Å². The fraction of sp³-hybridized carbons (Fsp3) is 0.280. The maximum atomic E-state index is 2.45. The Bertz CT molecular complexity index is 965. The van der Waals surface area contributed by atoms with Crippen LogP contribution in [-0.4, -0.2) is 0 Å². The molecular weight excluding hydrogens is 429 g/mol. The zero-order valence-corrected chi connectivity index (χ0v) is 19.6. The molecule has 0 saturated heterocycles. The van der Waals surface area contributed by atoms with Crippen molar-refractivity contribution in [2.24, 2.45) is 5.41 Å². The van der Waals surface area contributed by atoms with E-state index in [1.54, 1.807) is 20.0 Å². The third kappa shape index (κ3) is 3.54. The molecule has 0 N–H and O–H groups in total. The Kier molecular flexibility index (Phi) is 6.82. The van der Waals surface area contributed by atoms with E-state index in [4.69, 9.17) is 0 Å². The second-order valence-electron chi connectivity index (χ2n) is 8.05. The molecule has 2 aliphatic rings. The zero-order valence-electron chi connectivity index (χ0n) is 17.1. The van der Waals surface area contributed by atoms with Crippen molar-refractivity contribution >= 4 is 11.6 Å². The van der Waals surface area contributed by atoms with Gasteiger partial charge in [0.25, 0.3) is 0 Å². The van der Waals surface area contributed by atoms with E-state index in [1.807, 2.05) is 0 Å². The first-order valence-electron chi connectivity index (χ1n) is 9.43. The molecule has 0 heterocycles. The van der Waals surface area contributed by atoms with Gasteiger partial charge in [0.2, 0.25) is 0 Å². The molecule has 0 bridgehead atoms. The molecule has 0 radical (unpaired) electrons. The van der Waals surface area contributed by atoms with E-state index in [-0.39, 0.29) is 14.8 Å². The number of halogens is 2. The van der Waals surface area contributed by atoms with E-state index in [9.17, 15) is 0 Å². The summed E-state index contributed by atoms with van der Waals surface area (Å²) in [7, 11) is 0. The molecule has 0 spiro atoms. The molecule has 2 aliphatic carbocycles. The van der Waals surface area contributed by atoms with E-state index in [1.165, 1.54) is 22.3 Å². The molecule has 2 aromatic carbocycles. The number of hydrogen-bond donors (Lipinski definition) is 0. The molecule has 0 amide bonds. The number of rotatable bonds is 3. The van der Waals surface area contributed by atoms with Crippen LogP contribution in [0.25, 0.3) is 11.6 Å². The summed E-state index contributed by atoms with van der Waals surface area (Å²) in [5, 5.41) is 0. The van der Waals surface area contributed by atoms with Crippen LogP contribution in [0.3, 0.4) is 0 Å². The fourth-order valence-corrected chi connectivity index (χ4v) is 9.46. The molecule has 0 nitrogen and oxygen atoms in total. The number of fused-ring (bicyclic) bond motifs is 1. The third-order valence-electron chi connectivity index (χ3n) is 6.39. The van der Waals surface area contributed by atoms with Crippen molar-refractivity contribution in [3.8, 4) is 0 Å². The van der Waals surface area contributed by atoms with Crippen molar-refractivity contribution in [3.63, 3.8) is 0 Å². The normalized spacial score (nSPS) is 19.5. The quantitative estimate of drug-likeness (QED) is 0.649. The van der Waals surface area contributed by atoms with Gasteiger partial charge in [-0.1, -0.05) is 0 Å². The molecule has 1 atom stereocenters. The number of hydrogen-bond acceptors (Lipinski definition) is 0. The van der Waals surface area contributed by atoms with Crippen LogP contribution in [0, 0.1) is 5.41 Å². The molecule has 0 aromatic heterocycles. The Hall–Kier alpha value is -1.60. The molecule has 0 aliphatic heterocycles. The molecule has 28 heavy (non-hydrogen) atoms. The SMILES string of the molecule is CC1=C(C)C(C)(C)[C]([Zr+2][CH]2C(c3ccccc3)=Cc3ccccc32)=C1C.[F-].[F-]. The minimum Gasteiger partial charge on any atom is -1.00 e. The minimum absolute atomic E-state index is 0. The first-order valence-corrected chi connectivity index (χ1v) is 12.1. The molecule has 144 valence electrons. The molecule has 4 rings (SSSR count). The smallest absolute Gasteiger partial charge is 1.00 e. The van der Waals surface area contributed by atoms with Crippen molar-refractivity contribution < 1.29 is 32.6 Å². The van der Waals surface area contributed by atoms with Gasteiger partial charge in [0, 0.05) is 0 Å². The van der Waals surface area contributed by atoms with E-state index < -0.39 is 23.2 Å². The standard InChI is InChI=1S/C15H11.C10H15.2FH.Zr/c1-2-6-12(7-3-1)15-10-13-8-4-5-9-14(13)11-15;1-7-6-10(4,5)9(3)8(7)2;;;/h1-11H;1-5H3;2*1H;/q;;;;+2/p-2. The van der Waals surface area contributed by atoms with Gasteiger partial charge in [-0.05, 0) is 0 Å². The summed E-state index contributed by atoms with van der Waals surface area (Å²) in [4.78, 5) is 0. The second-order valence-corrected chi connectivity index (χ2v) is 11.4. The first-order chi connectivity index (χ1) is 12.4. The van der Waals surface area contributed by atoms with Crippen molar-refractivity contribution in [2.75, 3.05) is 0 Å². The van der Waals surface area contributed by atoms with E-state index >= 15 is 0 Å². The summed E-state index contributed by atoms with van der Waals surface area (Å²) in [5.41, 5.74) is 10.8. The predicted molar refractivity (Wildman–Crippen MR) is 108 cm³/mol. The van der Waals surface area contributed by atoms with Gasteiger partial charge in [0.05, 0.1) is 0 Å². The summed E-state index contributed by atoms with van der Waals surface area (Å²) in [6.45, 7) is 11.9. The number of benzene rings is 2. The first kappa shape index (κ1) is 22.7. The Morgan fingerprint density at radius 3 is 2.00 bits per heavy atom. The van der Waals surface area contributed by atoms with Crippen LogP contribution in [0.2, 0.25) is 0 Å². The fourth-order valence-electron chi connectivity index (χ4n) is 4.39. The van der Waals surface area contributed by atoms with Gasteiger partial charge in [-0.3, -0.25) is 0 Å². The van der Waals surface area contributed by atoms with Crippen molar-refractivity contribution in [1.29, 1.82) is 0 Å². The maximum Gasteiger partial charge on any atom is -1.00 e. The van der Waals surface area contributed by atoms with Crippen LogP contribution >= 0.6 is 0 Å². The van der Waals surface area contributed by atoms with Gasteiger partial charge >= 0.3 is 170 Å². The van der Waals surface area contributed by atoms with E-state index in [0.717, 1.165) is 0 Å². The van der Waals surface area contributed by atoms with Crippen LogP contribution in [0.1, 0.15) is 54.9 Å². The maximum absolute atomic E-state index is 2.45. The Balaban J connectivity index is 0.00000140. The van der Waals surface area contributed by atoms with E-state index in [2.05, 4.69) is 95.3 Å². The summed E-state index contributed by atoms with van der Waals surface area (Å²) in [6.07, 6.45) is 2.45. The molecule has 2 aromatic rings. The van der Waals surface area contributed by atoms with Crippen molar-refractivity contribution in [1.82, 2.24) is 0 Å². The summed E-state index contributed by atoms with van der Waals surface area (Å²) < 4.78 is 2.39. The van der Waals surface area contributed by atoms with Crippen LogP contribution in [-0.2, 0) is 23.2 Å². The van der Waals surface area contributed by atoms with Crippen LogP contribution in [0.5, 0.6) is 0 Å². The van der Waals surface area contributed by atoms with Crippen molar-refractivity contribution in [3.05, 3.63) is 91.3 Å².